The van der Waals surface area contributed by atoms with E-state index in [2.05, 4.69) is 17.6 Å². The highest BCUT2D eigenvalue weighted by molar-refractivity contribution is 6.39. The van der Waals surface area contributed by atoms with Crippen molar-refractivity contribution in [2.45, 2.75) is 26.2 Å². The maximum Gasteiger partial charge on any atom is 0.313 e. The number of rotatable bonds is 8. The van der Waals surface area contributed by atoms with E-state index >= 15 is 0 Å². The van der Waals surface area contributed by atoms with Gasteiger partial charge in [0, 0.05) is 12.2 Å². The van der Waals surface area contributed by atoms with E-state index in [9.17, 15) is 9.59 Å². The Morgan fingerprint density at radius 3 is 2.48 bits per heavy atom. The van der Waals surface area contributed by atoms with Crippen molar-refractivity contribution >= 4 is 17.5 Å². The van der Waals surface area contributed by atoms with Crippen molar-refractivity contribution in [2.24, 2.45) is 0 Å². The zero-order valence-electron chi connectivity index (χ0n) is 12.2. The summed E-state index contributed by atoms with van der Waals surface area (Å²) in [6, 6.07) is 6.83. The minimum absolute atomic E-state index is 0.0524. The summed E-state index contributed by atoms with van der Waals surface area (Å²) in [5.41, 5.74) is 0.514. The molecule has 1 rings (SSSR count). The lowest BCUT2D eigenvalue weighted by Crippen LogP contribution is -2.36. The van der Waals surface area contributed by atoms with Crippen LogP contribution in [-0.2, 0) is 9.59 Å². The lowest BCUT2D eigenvalue weighted by atomic mass is 10.2. The van der Waals surface area contributed by atoms with E-state index in [1.807, 2.05) is 0 Å². The molecule has 116 valence electrons. The highest BCUT2D eigenvalue weighted by atomic mass is 16.5. The molecule has 0 saturated heterocycles. The quantitative estimate of drug-likeness (QED) is 0.498. The van der Waals surface area contributed by atoms with Crippen LogP contribution in [0.25, 0.3) is 0 Å². The van der Waals surface area contributed by atoms with Crippen molar-refractivity contribution in [3.05, 3.63) is 24.3 Å². The van der Waals surface area contributed by atoms with Gasteiger partial charge in [-0.25, -0.2) is 0 Å². The number of aliphatic hydroxyl groups is 1. The summed E-state index contributed by atoms with van der Waals surface area (Å²) >= 11 is 0. The maximum atomic E-state index is 11.5. The molecule has 0 aliphatic heterocycles. The van der Waals surface area contributed by atoms with Crippen molar-refractivity contribution in [3.63, 3.8) is 0 Å². The summed E-state index contributed by atoms with van der Waals surface area (Å²) in [5, 5.41) is 13.3. The predicted octanol–water partition coefficient (Wildman–Crippen LogP) is 1.30. The molecule has 0 unspecified atom stereocenters. The van der Waals surface area contributed by atoms with Gasteiger partial charge in [-0.3, -0.25) is 9.59 Å². The molecule has 0 aliphatic rings. The Balaban J connectivity index is 2.39. The molecule has 0 spiro atoms. The Morgan fingerprint density at radius 2 is 1.86 bits per heavy atom. The molecule has 0 atom stereocenters. The second-order valence-corrected chi connectivity index (χ2v) is 4.51. The Labute approximate surface area is 124 Å². The lowest BCUT2D eigenvalue weighted by molar-refractivity contribution is -0.136. The predicted molar refractivity (Wildman–Crippen MR) is 80.2 cm³/mol. The van der Waals surface area contributed by atoms with E-state index in [4.69, 9.17) is 9.84 Å². The second kappa shape index (κ2) is 9.77. The minimum Gasteiger partial charge on any atom is -0.494 e. The molecule has 0 radical (unpaired) electrons. The second-order valence-electron chi connectivity index (χ2n) is 4.51. The summed E-state index contributed by atoms with van der Waals surface area (Å²) in [5.74, 6) is -0.808. The third kappa shape index (κ3) is 6.76. The molecule has 2 amide bonds. The van der Waals surface area contributed by atoms with Crippen molar-refractivity contribution in [2.75, 3.05) is 25.1 Å². The minimum atomic E-state index is -0.774. The molecule has 0 aliphatic carbocycles. The third-order valence-electron chi connectivity index (χ3n) is 2.73. The van der Waals surface area contributed by atoms with Gasteiger partial charge in [0.1, 0.15) is 5.75 Å². The first-order chi connectivity index (χ1) is 10.2. The molecule has 0 heterocycles. The fourth-order valence-corrected chi connectivity index (χ4v) is 1.61. The summed E-state index contributed by atoms with van der Waals surface area (Å²) in [4.78, 5) is 22.8. The van der Waals surface area contributed by atoms with Crippen LogP contribution < -0.4 is 15.4 Å². The Hall–Kier alpha value is -2.08. The molecule has 6 heteroatoms. The number of hydrogen-bond donors (Lipinski definition) is 3. The van der Waals surface area contributed by atoms with Gasteiger partial charge in [0.05, 0.1) is 13.2 Å². The molecule has 1 aromatic carbocycles. The number of hydrogen-bond acceptors (Lipinski definition) is 4. The first-order valence-corrected chi connectivity index (χ1v) is 7.10. The monoisotopic (exact) mass is 294 g/mol. The number of unbranched alkanes of at least 4 members (excludes halogenated alkanes) is 2. The smallest absolute Gasteiger partial charge is 0.313 e. The standard InChI is InChI=1S/C15H22N2O4/c1-2-3-4-11-21-13-7-5-12(6-8-13)17-15(20)14(19)16-9-10-18/h5-8,18H,2-4,9-11H2,1H3,(H,16,19)(H,17,20). The van der Waals surface area contributed by atoms with Crippen LogP contribution in [0.15, 0.2) is 24.3 Å². The van der Waals surface area contributed by atoms with Gasteiger partial charge in [0.2, 0.25) is 0 Å². The maximum absolute atomic E-state index is 11.5. The SMILES string of the molecule is CCCCCOc1ccc(NC(=O)C(=O)NCCO)cc1. The molecular weight excluding hydrogens is 272 g/mol. The topological polar surface area (TPSA) is 87.7 Å². The average molecular weight is 294 g/mol. The van der Waals surface area contributed by atoms with Gasteiger partial charge in [-0.15, -0.1) is 0 Å². The number of amides is 2. The van der Waals surface area contributed by atoms with Crippen LogP contribution in [-0.4, -0.2) is 36.7 Å². The lowest BCUT2D eigenvalue weighted by Gasteiger charge is -2.08. The number of nitrogens with one attached hydrogen (secondary N) is 2. The zero-order valence-corrected chi connectivity index (χ0v) is 12.2. The van der Waals surface area contributed by atoms with Crippen molar-refractivity contribution < 1.29 is 19.4 Å². The van der Waals surface area contributed by atoms with Gasteiger partial charge in [-0.2, -0.15) is 0 Å². The molecule has 6 nitrogen and oxygen atoms in total. The first kappa shape index (κ1) is 17.0. The van der Waals surface area contributed by atoms with Crippen molar-refractivity contribution in [1.82, 2.24) is 5.32 Å². The fourth-order valence-electron chi connectivity index (χ4n) is 1.61. The van der Waals surface area contributed by atoms with Crippen LogP contribution in [0.1, 0.15) is 26.2 Å². The largest absolute Gasteiger partial charge is 0.494 e. The molecular formula is C15H22N2O4. The van der Waals surface area contributed by atoms with Crippen LogP contribution in [0.5, 0.6) is 5.75 Å². The molecule has 0 bridgehead atoms. The average Bonchev–Trinajstić information content (AvgIpc) is 2.50. The molecule has 21 heavy (non-hydrogen) atoms. The van der Waals surface area contributed by atoms with Gasteiger partial charge >= 0.3 is 11.8 Å². The number of carbonyl (C=O) groups is 2. The van der Waals surface area contributed by atoms with Gasteiger partial charge in [-0.05, 0) is 30.7 Å². The highest BCUT2D eigenvalue weighted by Gasteiger charge is 2.12. The van der Waals surface area contributed by atoms with Crippen molar-refractivity contribution in [3.8, 4) is 5.75 Å². The number of aliphatic hydroxyl groups excluding tert-OH is 1. The summed E-state index contributed by atoms with van der Waals surface area (Å²) in [7, 11) is 0. The third-order valence-corrected chi connectivity index (χ3v) is 2.73. The fraction of sp³-hybridized carbons (Fsp3) is 0.467. The number of ether oxygens (including phenoxy) is 1. The number of anilines is 1. The van der Waals surface area contributed by atoms with E-state index in [1.165, 1.54) is 0 Å². The van der Waals surface area contributed by atoms with Crippen LogP contribution in [0.2, 0.25) is 0 Å². The van der Waals surface area contributed by atoms with E-state index in [0.717, 1.165) is 25.0 Å². The van der Waals surface area contributed by atoms with Gasteiger partial charge < -0.3 is 20.5 Å². The first-order valence-electron chi connectivity index (χ1n) is 7.10. The van der Waals surface area contributed by atoms with Crippen LogP contribution in [0.3, 0.4) is 0 Å². The molecule has 0 fully saturated rings. The molecule has 3 N–H and O–H groups in total. The van der Waals surface area contributed by atoms with E-state index < -0.39 is 11.8 Å². The summed E-state index contributed by atoms with van der Waals surface area (Å²) in [6.45, 7) is 2.65. The van der Waals surface area contributed by atoms with Crippen LogP contribution in [0, 0.1) is 0 Å². The van der Waals surface area contributed by atoms with Crippen LogP contribution in [0.4, 0.5) is 5.69 Å². The van der Waals surface area contributed by atoms with E-state index in [-0.39, 0.29) is 13.2 Å². The van der Waals surface area contributed by atoms with Gasteiger partial charge in [0.25, 0.3) is 0 Å². The van der Waals surface area contributed by atoms with Crippen molar-refractivity contribution in [1.29, 1.82) is 0 Å². The van der Waals surface area contributed by atoms with Gasteiger partial charge in [-0.1, -0.05) is 19.8 Å². The van der Waals surface area contributed by atoms with Crippen LogP contribution >= 0.6 is 0 Å². The van der Waals surface area contributed by atoms with Gasteiger partial charge in [0.15, 0.2) is 0 Å². The summed E-state index contributed by atoms with van der Waals surface area (Å²) in [6.07, 6.45) is 3.30. The molecule has 0 aromatic heterocycles. The summed E-state index contributed by atoms with van der Waals surface area (Å²) < 4.78 is 5.55. The number of benzene rings is 1. The Kier molecular flexibility index (Phi) is 7.89. The highest BCUT2D eigenvalue weighted by Crippen LogP contribution is 2.16. The number of carbonyl (C=O) groups excluding carboxylic acids is 2. The zero-order chi connectivity index (χ0) is 15.5. The molecule has 0 saturated carbocycles. The Bertz CT molecular complexity index is 445. The van der Waals surface area contributed by atoms with E-state index in [0.29, 0.717) is 12.3 Å². The Morgan fingerprint density at radius 1 is 1.14 bits per heavy atom. The normalized spacial score (nSPS) is 10.0. The molecule has 1 aromatic rings. The van der Waals surface area contributed by atoms with E-state index in [1.54, 1.807) is 24.3 Å².